The number of amides is 1. The Morgan fingerprint density at radius 1 is 1.12 bits per heavy atom. The number of benzene rings is 2. The van der Waals surface area contributed by atoms with Gasteiger partial charge in [0, 0.05) is 18.9 Å². The number of nitrogens with one attached hydrogen (secondary N) is 1. The normalized spacial score (nSPS) is 11.4. The highest BCUT2D eigenvalue weighted by molar-refractivity contribution is 7.89. The van der Waals surface area contributed by atoms with Crippen LogP contribution in [0.4, 0.5) is 5.69 Å². The van der Waals surface area contributed by atoms with Gasteiger partial charge in [-0.3, -0.25) is 4.79 Å². The van der Waals surface area contributed by atoms with Crippen LogP contribution in [-0.4, -0.2) is 28.2 Å². The molecule has 25 heavy (non-hydrogen) atoms. The molecule has 1 amide bonds. The monoisotopic (exact) mass is 362 g/mol. The van der Waals surface area contributed by atoms with Crippen molar-refractivity contribution in [3.05, 3.63) is 60.2 Å². The van der Waals surface area contributed by atoms with E-state index in [1.54, 1.807) is 30.3 Å². The molecule has 0 bridgehead atoms. The number of hydrogen-bond acceptors (Lipinski definition) is 5. The van der Waals surface area contributed by atoms with Crippen LogP contribution in [0.25, 0.3) is 6.08 Å². The first-order valence-corrected chi connectivity index (χ1v) is 8.77. The third kappa shape index (κ3) is 6.03. The number of sulfonamides is 1. The molecule has 2 aromatic rings. The summed E-state index contributed by atoms with van der Waals surface area (Å²) < 4.78 is 32.4. The van der Waals surface area contributed by atoms with E-state index < -0.39 is 10.0 Å². The number of anilines is 1. The van der Waals surface area contributed by atoms with Gasteiger partial charge in [0.1, 0.15) is 5.75 Å². The molecule has 2 aromatic carbocycles. The van der Waals surface area contributed by atoms with E-state index in [-0.39, 0.29) is 17.6 Å². The molecule has 3 N–H and O–H groups in total. The van der Waals surface area contributed by atoms with Crippen LogP contribution in [0.2, 0.25) is 0 Å². The molecule has 0 aliphatic heterocycles. The highest BCUT2D eigenvalue weighted by Gasteiger charge is 2.07. The van der Waals surface area contributed by atoms with Crippen molar-refractivity contribution < 1.29 is 22.7 Å². The standard InChI is InChI=1S/C17H18N2O5S/c1-23-12-24-15-7-2-13(3-8-15)4-11-17(20)19-14-5-9-16(10-6-14)25(18,21)22/h2-11H,12H2,1H3,(H,19,20)(H2,18,21,22)/b11-4+. The minimum atomic E-state index is -3.75. The van der Waals surface area contributed by atoms with Gasteiger partial charge in [0.2, 0.25) is 15.9 Å². The van der Waals surface area contributed by atoms with E-state index in [4.69, 9.17) is 14.6 Å². The van der Waals surface area contributed by atoms with Crippen molar-refractivity contribution in [3.8, 4) is 5.75 Å². The molecule has 0 saturated carbocycles. The summed E-state index contributed by atoms with van der Waals surface area (Å²) in [5.74, 6) is 0.321. The molecule has 0 radical (unpaired) electrons. The van der Waals surface area contributed by atoms with Crippen molar-refractivity contribution >= 4 is 27.7 Å². The lowest BCUT2D eigenvalue weighted by atomic mass is 10.2. The summed E-state index contributed by atoms with van der Waals surface area (Å²) >= 11 is 0. The molecule has 0 fully saturated rings. The number of hydrogen-bond donors (Lipinski definition) is 2. The van der Waals surface area contributed by atoms with Crippen molar-refractivity contribution in [1.29, 1.82) is 0 Å². The third-order valence-electron chi connectivity index (χ3n) is 3.10. The first-order chi connectivity index (χ1) is 11.9. The Bertz CT molecular complexity index is 844. The number of primary sulfonamides is 1. The lowest BCUT2D eigenvalue weighted by Gasteiger charge is -2.04. The topological polar surface area (TPSA) is 108 Å². The maximum absolute atomic E-state index is 11.9. The van der Waals surface area contributed by atoms with Crippen molar-refractivity contribution in [3.63, 3.8) is 0 Å². The van der Waals surface area contributed by atoms with Crippen LogP contribution in [0.3, 0.4) is 0 Å². The van der Waals surface area contributed by atoms with Gasteiger partial charge in [-0.05, 0) is 48.0 Å². The zero-order chi connectivity index (χ0) is 18.3. The van der Waals surface area contributed by atoms with E-state index in [0.717, 1.165) is 5.56 Å². The summed E-state index contributed by atoms with van der Waals surface area (Å²) in [6, 6.07) is 12.7. The third-order valence-corrected chi connectivity index (χ3v) is 4.03. The molecule has 0 heterocycles. The van der Waals surface area contributed by atoms with Crippen molar-refractivity contribution in [2.75, 3.05) is 19.2 Å². The Labute approximate surface area is 146 Å². The van der Waals surface area contributed by atoms with E-state index in [2.05, 4.69) is 5.32 Å². The average molecular weight is 362 g/mol. The molecule has 0 aliphatic carbocycles. The second kappa shape index (κ2) is 8.43. The number of methoxy groups -OCH3 is 1. The highest BCUT2D eigenvalue weighted by Crippen LogP contribution is 2.14. The van der Waals surface area contributed by atoms with Crippen LogP contribution in [0.15, 0.2) is 59.5 Å². The Balaban J connectivity index is 1.94. The minimum Gasteiger partial charge on any atom is -0.468 e. The van der Waals surface area contributed by atoms with E-state index in [1.807, 2.05) is 0 Å². The van der Waals surface area contributed by atoms with Crippen molar-refractivity contribution in [2.45, 2.75) is 4.90 Å². The molecule has 2 rings (SSSR count). The number of nitrogens with two attached hydrogens (primary N) is 1. The lowest BCUT2D eigenvalue weighted by molar-refractivity contribution is -0.111. The predicted octanol–water partition coefficient (Wildman–Crippen LogP) is 1.97. The molecule has 0 saturated heterocycles. The molecule has 8 heteroatoms. The molecule has 0 spiro atoms. The molecule has 0 unspecified atom stereocenters. The highest BCUT2D eigenvalue weighted by atomic mass is 32.2. The predicted molar refractivity (Wildman–Crippen MR) is 94.4 cm³/mol. The van der Waals surface area contributed by atoms with E-state index in [1.165, 1.54) is 37.5 Å². The van der Waals surface area contributed by atoms with E-state index in [9.17, 15) is 13.2 Å². The quantitative estimate of drug-likeness (QED) is 0.578. The van der Waals surface area contributed by atoms with Gasteiger partial charge in [-0.1, -0.05) is 12.1 Å². The molecular weight excluding hydrogens is 344 g/mol. The Morgan fingerprint density at radius 3 is 2.32 bits per heavy atom. The largest absolute Gasteiger partial charge is 0.468 e. The summed E-state index contributed by atoms with van der Waals surface area (Å²) in [4.78, 5) is 11.9. The maximum atomic E-state index is 11.9. The van der Waals surface area contributed by atoms with Gasteiger partial charge in [-0.2, -0.15) is 0 Å². The molecule has 0 aliphatic rings. The first kappa shape index (κ1) is 18.7. The summed E-state index contributed by atoms with van der Waals surface area (Å²) in [6.45, 7) is 0.168. The van der Waals surface area contributed by atoms with Crippen LogP contribution < -0.4 is 15.2 Å². The number of carbonyl (C=O) groups is 1. The average Bonchev–Trinajstić information content (AvgIpc) is 2.59. The molecule has 0 atom stereocenters. The van der Waals surface area contributed by atoms with Gasteiger partial charge in [0.15, 0.2) is 6.79 Å². The minimum absolute atomic E-state index is 0.0168. The van der Waals surface area contributed by atoms with Gasteiger partial charge in [0.05, 0.1) is 4.90 Å². The first-order valence-electron chi connectivity index (χ1n) is 7.22. The van der Waals surface area contributed by atoms with Gasteiger partial charge in [0.25, 0.3) is 0 Å². The second-order valence-electron chi connectivity index (χ2n) is 5.01. The fraction of sp³-hybridized carbons (Fsp3) is 0.118. The van der Waals surface area contributed by atoms with Gasteiger partial charge in [-0.25, -0.2) is 13.6 Å². The SMILES string of the molecule is COCOc1ccc(/C=C/C(=O)Nc2ccc(S(N)(=O)=O)cc2)cc1. The molecule has 0 aromatic heterocycles. The molecule has 132 valence electrons. The number of carbonyl (C=O) groups excluding carboxylic acids is 1. The summed E-state index contributed by atoms with van der Waals surface area (Å²) in [6.07, 6.45) is 3.02. The van der Waals surface area contributed by atoms with Gasteiger partial charge >= 0.3 is 0 Å². The van der Waals surface area contributed by atoms with Crippen LogP contribution in [0.1, 0.15) is 5.56 Å². The van der Waals surface area contributed by atoms with Crippen LogP contribution in [0.5, 0.6) is 5.75 Å². The number of rotatable bonds is 7. The zero-order valence-electron chi connectivity index (χ0n) is 13.5. The Hall–Kier alpha value is -2.68. The lowest BCUT2D eigenvalue weighted by Crippen LogP contribution is -2.12. The Kier molecular flexibility index (Phi) is 6.29. The Morgan fingerprint density at radius 2 is 1.76 bits per heavy atom. The molecule has 7 nitrogen and oxygen atoms in total. The van der Waals surface area contributed by atoms with E-state index >= 15 is 0 Å². The van der Waals surface area contributed by atoms with Crippen molar-refractivity contribution in [1.82, 2.24) is 0 Å². The fourth-order valence-corrected chi connectivity index (χ4v) is 2.40. The summed E-state index contributed by atoms with van der Waals surface area (Å²) in [5, 5.41) is 7.64. The molecular formula is C17H18N2O5S. The fourth-order valence-electron chi connectivity index (χ4n) is 1.89. The van der Waals surface area contributed by atoms with Gasteiger partial charge < -0.3 is 14.8 Å². The van der Waals surface area contributed by atoms with Crippen LogP contribution >= 0.6 is 0 Å². The summed E-state index contributed by atoms with van der Waals surface area (Å²) in [7, 11) is -2.21. The van der Waals surface area contributed by atoms with Gasteiger partial charge in [-0.15, -0.1) is 0 Å². The van der Waals surface area contributed by atoms with E-state index in [0.29, 0.717) is 11.4 Å². The second-order valence-corrected chi connectivity index (χ2v) is 6.57. The number of ether oxygens (including phenoxy) is 2. The summed E-state index contributed by atoms with van der Waals surface area (Å²) in [5.41, 5.74) is 1.29. The zero-order valence-corrected chi connectivity index (χ0v) is 14.3. The maximum Gasteiger partial charge on any atom is 0.248 e. The van der Waals surface area contributed by atoms with Crippen LogP contribution in [-0.2, 0) is 19.6 Å². The smallest absolute Gasteiger partial charge is 0.248 e. The van der Waals surface area contributed by atoms with Crippen LogP contribution in [0, 0.1) is 0 Å². The van der Waals surface area contributed by atoms with Crippen molar-refractivity contribution in [2.24, 2.45) is 5.14 Å².